The van der Waals surface area contributed by atoms with Crippen molar-refractivity contribution in [2.24, 2.45) is 12.8 Å². The minimum Gasteiger partial charge on any atom is -0.493 e. The first-order valence-corrected chi connectivity index (χ1v) is 11.2. The van der Waals surface area contributed by atoms with Crippen LogP contribution < -0.4 is 31.5 Å². The Balaban J connectivity index is 2.14. The Kier molecular flexibility index (Phi) is 6.44. The van der Waals surface area contributed by atoms with Crippen LogP contribution in [0.4, 0.5) is 8.78 Å². The van der Waals surface area contributed by atoms with Crippen LogP contribution in [0.2, 0.25) is 0 Å². The van der Waals surface area contributed by atoms with Crippen LogP contribution in [0.1, 0.15) is 11.1 Å². The first-order chi connectivity index (χ1) is 16.8. The summed E-state index contributed by atoms with van der Waals surface area (Å²) < 4.78 is 43.5. The first kappa shape index (κ1) is 23.8. The van der Waals surface area contributed by atoms with Crippen LogP contribution in [0.3, 0.4) is 0 Å². The maximum absolute atomic E-state index is 15.0. The third-order valence-electron chi connectivity index (χ3n) is 5.45. The number of aromatic nitrogens is 2. The standard InChI is InChI=1S/C25H20F2N4O3S/c1-14-6-21(33-3)22(34-12-15-4-5-35-13-15)9-17(14)23-20(11-29)30(2)25(32)31(23)24-18(26)7-16(10-28)8-19(24)27/h4-9,11,13H,1,12,29H2,2-3H3/b20-11+,23-17+. The second-order valence-electron chi connectivity index (χ2n) is 7.56. The normalized spacial score (nSPS) is 12.5. The Morgan fingerprint density at radius 1 is 1.23 bits per heavy atom. The molecule has 4 rings (SSSR count). The molecule has 178 valence electrons. The maximum Gasteiger partial charge on any atom is 0.333 e. The van der Waals surface area contributed by atoms with Crippen molar-refractivity contribution in [3.8, 4) is 23.3 Å². The summed E-state index contributed by atoms with van der Waals surface area (Å²) in [6.07, 6.45) is 1.17. The Hall–Kier alpha value is -4.36. The molecule has 7 nitrogen and oxygen atoms in total. The minimum absolute atomic E-state index is 0.107. The molecule has 0 aliphatic rings. The Labute approximate surface area is 202 Å². The van der Waals surface area contributed by atoms with E-state index in [4.69, 9.17) is 20.5 Å². The monoisotopic (exact) mass is 494 g/mol. The van der Waals surface area contributed by atoms with Gasteiger partial charge in [0.1, 0.15) is 12.3 Å². The molecule has 2 aromatic carbocycles. The lowest BCUT2D eigenvalue weighted by atomic mass is 10.2. The average Bonchev–Trinajstić information content (AvgIpc) is 3.44. The molecule has 0 aliphatic heterocycles. The second-order valence-corrected chi connectivity index (χ2v) is 8.34. The van der Waals surface area contributed by atoms with Crippen molar-refractivity contribution in [1.82, 2.24) is 9.13 Å². The van der Waals surface area contributed by atoms with E-state index >= 15 is 8.78 Å². The van der Waals surface area contributed by atoms with Crippen molar-refractivity contribution < 1.29 is 18.3 Å². The molecule has 0 saturated heterocycles. The van der Waals surface area contributed by atoms with Crippen molar-refractivity contribution in [3.05, 3.63) is 95.5 Å². The molecule has 0 amide bonds. The second kappa shape index (κ2) is 9.48. The minimum atomic E-state index is -1.08. The highest BCUT2D eigenvalue weighted by molar-refractivity contribution is 7.07. The molecule has 2 aromatic heterocycles. The van der Waals surface area contributed by atoms with Crippen LogP contribution in [-0.2, 0) is 13.7 Å². The molecule has 2 heterocycles. The average molecular weight is 495 g/mol. The van der Waals surface area contributed by atoms with Crippen molar-refractivity contribution in [1.29, 1.82) is 5.26 Å². The summed E-state index contributed by atoms with van der Waals surface area (Å²) in [4.78, 5) is 13.2. The van der Waals surface area contributed by atoms with Gasteiger partial charge in [-0.25, -0.2) is 13.6 Å². The Bertz CT molecular complexity index is 1710. The van der Waals surface area contributed by atoms with E-state index in [0.29, 0.717) is 21.9 Å². The highest BCUT2D eigenvalue weighted by atomic mass is 32.1. The van der Waals surface area contributed by atoms with Crippen LogP contribution in [0.15, 0.2) is 45.9 Å². The number of nitrogens with two attached hydrogens (primary N) is 1. The molecule has 35 heavy (non-hydrogen) atoms. The highest BCUT2D eigenvalue weighted by Crippen LogP contribution is 2.26. The molecule has 0 bridgehead atoms. The molecule has 0 radical (unpaired) electrons. The van der Waals surface area contributed by atoms with E-state index in [-0.39, 0.29) is 22.9 Å². The lowest BCUT2D eigenvalue weighted by Crippen LogP contribution is -2.27. The van der Waals surface area contributed by atoms with Crippen molar-refractivity contribution >= 4 is 24.1 Å². The lowest BCUT2D eigenvalue weighted by molar-refractivity contribution is 0.284. The predicted octanol–water partition coefficient (Wildman–Crippen LogP) is 2.37. The number of halogens is 2. The summed E-state index contributed by atoms with van der Waals surface area (Å²) >= 11 is 1.53. The van der Waals surface area contributed by atoms with Gasteiger partial charge in [-0.05, 0) is 51.9 Å². The zero-order valence-electron chi connectivity index (χ0n) is 18.8. The fourth-order valence-electron chi connectivity index (χ4n) is 3.75. The largest absolute Gasteiger partial charge is 0.493 e. The van der Waals surface area contributed by atoms with Crippen LogP contribution in [0.5, 0.6) is 11.5 Å². The summed E-state index contributed by atoms with van der Waals surface area (Å²) in [7, 11) is 2.91. The number of methoxy groups -OCH3 is 1. The smallest absolute Gasteiger partial charge is 0.333 e. The summed E-state index contributed by atoms with van der Waals surface area (Å²) in [5.41, 5.74) is 5.19. The Morgan fingerprint density at radius 2 is 1.94 bits per heavy atom. The van der Waals surface area contributed by atoms with Gasteiger partial charge in [-0.2, -0.15) is 16.6 Å². The van der Waals surface area contributed by atoms with Crippen LogP contribution in [-0.4, -0.2) is 16.2 Å². The summed E-state index contributed by atoms with van der Waals surface area (Å²) in [6.45, 7) is 4.29. The number of imidazole rings is 1. The van der Waals surface area contributed by atoms with E-state index in [2.05, 4.69) is 6.58 Å². The lowest BCUT2D eigenvalue weighted by Gasteiger charge is -2.11. The molecule has 0 atom stereocenters. The van der Waals surface area contributed by atoms with Gasteiger partial charge in [-0.1, -0.05) is 6.58 Å². The van der Waals surface area contributed by atoms with Gasteiger partial charge in [-0.3, -0.25) is 9.13 Å². The van der Waals surface area contributed by atoms with Gasteiger partial charge >= 0.3 is 5.69 Å². The van der Waals surface area contributed by atoms with E-state index < -0.39 is 23.0 Å². The fraction of sp³-hybridized carbons (Fsp3) is 0.120. The fourth-order valence-corrected chi connectivity index (χ4v) is 4.41. The first-order valence-electron chi connectivity index (χ1n) is 10.2. The number of nitrogens with zero attached hydrogens (tertiary/aromatic N) is 3. The number of hydrogen-bond acceptors (Lipinski definition) is 6. The molecule has 0 spiro atoms. The number of hydrogen-bond donors (Lipinski definition) is 1. The van der Waals surface area contributed by atoms with Gasteiger partial charge in [-0.15, -0.1) is 0 Å². The molecular formula is C25H20F2N4O3S. The zero-order valence-corrected chi connectivity index (χ0v) is 19.7. The maximum atomic E-state index is 15.0. The van der Waals surface area contributed by atoms with Gasteiger partial charge in [0.05, 0.1) is 29.4 Å². The highest BCUT2D eigenvalue weighted by Gasteiger charge is 2.20. The van der Waals surface area contributed by atoms with E-state index in [1.807, 2.05) is 16.8 Å². The van der Waals surface area contributed by atoms with E-state index in [1.54, 1.807) is 18.2 Å². The SMILES string of the molecule is C=c1cc(OC)c(OCc2ccsc2)c/c1=c1/c(=C\N)n(C)c(=O)n1-c1c(F)cc(C#N)cc1F. The molecule has 2 N–H and O–H groups in total. The number of rotatable bonds is 5. The number of benzene rings is 2. The molecule has 0 fully saturated rings. The van der Waals surface area contributed by atoms with Gasteiger partial charge in [0.25, 0.3) is 0 Å². The van der Waals surface area contributed by atoms with Crippen LogP contribution in [0.25, 0.3) is 18.5 Å². The van der Waals surface area contributed by atoms with E-state index in [1.165, 1.54) is 36.3 Å². The summed E-state index contributed by atoms with van der Waals surface area (Å²) in [5, 5.41) is 14.0. The quantitative estimate of drug-likeness (QED) is 0.460. The predicted molar refractivity (Wildman–Crippen MR) is 128 cm³/mol. The Morgan fingerprint density at radius 3 is 2.51 bits per heavy atom. The van der Waals surface area contributed by atoms with Crippen LogP contribution in [0, 0.1) is 33.5 Å². The number of nitriles is 1. The van der Waals surface area contributed by atoms with Crippen molar-refractivity contribution in [3.63, 3.8) is 0 Å². The number of ether oxygens (including phenoxy) is 2. The third kappa shape index (κ3) is 4.18. The van der Waals surface area contributed by atoms with Gasteiger partial charge in [0.15, 0.2) is 23.1 Å². The third-order valence-corrected chi connectivity index (χ3v) is 6.18. The molecule has 0 aliphatic carbocycles. The van der Waals surface area contributed by atoms with Gasteiger partial charge < -0.3 is 15.2 Å². The van der Waals surface area contributed by atoms with Gasteiger partial charge in [0.2, 0.25) is 0 Å². The van der Waals surface area contributed by atoms with Crippen molar-refractivity contribution in [2.45, 2.75) is 6.61 Å². The van der Waals surface area contributed by atoms with Crippen molar-refractivity contribution in [2.75, 3.05) is 7.11 Å². The van der Waals surface area contributed by atoms with Crippen LogP contribution >= 0.6 is 11.3 Å². The molecule has 0 unspecified atom stereocenters. The molecular weight excluding hydrogens is 474 g/mol. The number of thiophene rings is 1. The summed E-state index contributed by atoms with van der Waals surface area (Å²) in [5.74, 6) is -1.42. The zero-order chi connectivity index (χ0) is 25.3. The molecule has 4 aromatic rings. The molecule has 10 heteroatoms. The van der Waals surface area contributed by atoms with E-state index in [9.17, 15) is 4.79 Å². The molecule has 0 saturated carbocycles. The summed E-state index contributed by atoms with van der Waals surface area (Å²) in [6, 6.07) is 8.53. The van der Waals surface area contributed by atoms with E-state index in [0.717, 1.165) is 22.3 Å². The topological polar surface area (TPSA) is 95.2 Å². The van der Waals surface area contributed by atoms with Gasteiger partial charge in [0, 0.05) is 18.5 Å².